The zero-order valence-electron chi connectivity index (χ0n) is 12.3. The van der Waals surface area contributed by atoms with Gasteiger partial charge in [-0.25, -0.2) is 4.79 Å². The Morgan fingerprint density at radius 1 is 1.11 bits per heavy atom. The third-order valence-electron chi connectivity index (χ3n) is 2.42. The number of ether oxygens (including phenoxy) is 2. The molecule has 0 aliphatic heterocycles. The van der Waals surface area contributed by atoms with Crippen LogP contribution in [0.3, 0.4) is 0 Å². The molecule has 0 aliphatic carbocycles. The van der Waals surface area contributed by atoms with E-state index < -0.39 is 17.2 Å². The number of rotatable bonds is 5. The van der Waals surface area contributed by atoms with Gasteiger partial charge in [-0.15, -0.1) is 0 Å². The lowest BCUT2D eigenvalue weighted by Gasteiger charge is -2.30. The maximum atomic E-state index is 11.7. The number of hydrogen-bond acceptors (Lipinski definition) is 4. The minimum absolute atomic E-state index is 0.135. The predicted molar refractivity (Wildman–Crippen MR) is 69.3 cm³/mol. The Morgan fingerprint density at radius 3 is 2.06 bits per heavy atom. The molecule has 1 atom stereocenters. The van der Waals surface area contributed by atoms with E-state index in [2.05, 4.69) is 5.32 Å². The highest BCUT2D eigenvalue weighted by molar-refractivity contribution is 5.74. The summed E-state index contributed by atoms with van der Waals surface area (Å²) in [5, 5.41) is 2.73. The molecule has 106 valence electrons. The van der Waals surface area contributed by atoms with Gasteiger partial charge in [0, 0.05) is 0 Å². The Balaban J connectivity index is 4.47. The van der Waals surface area contributed by atoms with Crippen molar-refractivity contribution in [2.24, 2.45) is 0 Å². The summed E-state index contributed by atoms with van der Waals surface area (Å²) in [7, 11) is 0. The van der Waals surface area contributed by atoms with Crippen LogP contribution in [0.4, 0.5) is 4.79 Å². The fraction of sp³-hybridized carbons (Fsp3) is 0.846. The average molecular weight is 259 g/mol. The van der Waals surface area contributed by atoms with Crippen molar-refractivity contribution in [3.63, 3.8) is 0 Å². The molecule has 1 amide bonds. The first-order valence-electron chi connectivity index (χ1n) is 6.28. The van der Waals surface area contributed by atoms with Gasteiger partial charge in [-0.2, -0.15) is 0 Å². The molecule has 0 aromatic rings. The van der Waals surface area contributed by atoms with Gasteiger partial charge in [-0.3, -0.25) is 4.79 Å². The Morgan fingerprint density at radius 2 is 1.67 bits per heavy atom. The van der Waals surface area contributed by atoms with Crippen molar-refractivity contribution < 1.29 is 19.1 Å². The largest absolute Gasteiger partial charge is 0.466 e. The van der Waals surface area contributed by atoms with Gasteiger partial charge < -0.3 is 14.8 Å². The van der Waals surface area contributed by atoms with Crippen molar-refractivity contribution in [3.8, 4) is 0 Å². The van der Waals surface area contributed by atoms with Crippen LogP contribution in [0, 0.1) is 0 Å². The fourth-order valence-corrected chi connectivity index (χ4v) is 1.34. The van der Waals surface area contributed by atoms with Crippen LogP contribution in [-0.2, 0) is 14.3 Å². The number of carbonyl (C=O) groups is 2. The topological polar surface area (TPSA) is 64.6 Å². The Bertz CT molecular complexity index is 296. The predicted octanol–water partition coefficient (Wildman–Crippen LogP) is 2.63. The first-order valence-corrected chi connectivity index (χ1v) is 6.28. The first kappa shape index (κ1) is 16.7. The van der Waals surface area contributed by atoms with Crippen LogP contribution in [0.15, 0.2) is 0 Å². The van der Waals surface area contributed by atoms with Crippen molar-refractivity contribution in [1.29, 1.82) is 0 Å². The van der Waals surface area contributed by atoms with E-state index in [0.717, 1.165) is 0 Å². The van der Waals surface area contributed by atoms with Crippen LogP contribution < -0.4 is 5.32 Å². The summed E-state index contributed by atoms with van der Waals surface area (Å²) in [6.45, 7) is 11.2. The number of amides is 1. The summed E-state index contributed by atoms with van der Waals surface area (Å²) < 4.78 is 10.1. The molecule has 0 aliphatic rings. The zero-order valence-corrected chi connectivity index (χ0v) is 12.3. The summed E-state index contributed by atoms with van der Waals surface area (Å²) in [4.78, 5) is 23.2. The van der Waals surface area contributed by atoms with E-state index in [4.69, 9.17) is 9.47 Å². The molecule has 18 heavy (non-hydrogen) atoms. The maximum Gasteiger partial charge on any atom is 0.408 e. The number of hydrogen-bond donors (Lipinski definition) is 1. The minimum atomic E-state index is -0.644. The number of carbonyl (C=O) groups excluding carboxylic acids is 2. The second-order valence-electron chi connectivity index (χ2n) is 5.52. The van der Waals surface area contributed by atoms with Crippen molar-refractivity contribution in [2.75, 3.05) is 6.61 Å². The number of alkyl carbamates (subject to hydrolysis) is 1. The summed E-state index contributed by atoms with van der Waals surface area (Å²) in [6.07, 6.45) is 0.234. The molecule has 0 fully saturated rings. The molecule has 0 heterocycles. The van der Waals surface area contributed by atoms with Gasteiger partial charge in [-0.05, 0) is 41.0 Å². The molecule has 1 N–H and O–H groups in total. The first-order chi connectivity index (χ1) is 8.12. The van der Waals surface area contributed by atoms with E-state index in [1.165, 1.54) is 0 Å². The van der Waals surface area contributed by atoms with E-state index >= 15 is 0 Å². The van der Waals surface area contributed by atoms with Crippen LogP contribution in [0.5, 0.6) is 0 Å². The quantitative estimate of drug-likeness (QED) is 0.771. The highest BCUT2D eigenvalue weighted by Gasteiger charge is 2.30. The Labute approximate surface area is 109 Å². The molecular formula is C13H25NO4. The second kappa shape index (κ2) is 6.61. The van der Waals surface area contributed by atoms with Gasteiger partial charge >= 0.3 is 12.1 Å². The summed E-state index contributed by atoms with van der Waals surface area (Å²) in [5.74, 6) is -0.321. The SMILES string of the molecule is CCOC(=O)CC(C)(CC)NC(=O)OC(C)(C)C. The van der Waals surface area contributed by atoms with Gasteiger partial charge in [0.05, 0.1) is 18.6 Å². The zero-order chi connectivity index (χ0) is 14.4. The van der Waals surface area contributed by atoms with Crippen LogP contribution in [0.25, 0.3) is 0 Å². The molecule has 0 saturated carbocycles. The molecule has 1 unspecified atom stereocenters. The molecule has 0 bridgehead atoms. The van der Waals surface area contributed by atoms with E-state index in [1.54, 1.807) is 34.6 Å². The van der Waals surface area contributed by atoms with Crippen molar-refractivity contribution >= 4 is 12.1 Å². The van der Waals surface area contributed by atoms with E-state index in [9.17, 15) is 9.59 Å². The normalized spacial score (nSPS) is 14.6. The van der Waals surface area contributed by atoms with Crippen LogP contribution in [-0.4, -0.2) is 29.8 Å². The smallest absolute Gasteiger partial charge is 0.408 e. The van der Waals surface area contributed by atoms with Crippen molar-refractivity contribution in [3.05, 3.63) is 0 Å². The molecule has 0 aromatic heterocycles. The highest BCUT2D eigenvalue weighted by atomic mass is 16.6. The Kier molecular flexibility index (Phi) is 6.15. The molecule has 5 nitrogen and oxygen atoms in total. The maximum absolute atomic E-state index is 11.7. The average Bonchev–Trinajstić information content (AvgIpc) is 2.14. The lowest BCUT2D eigenvalue weighted by molar-refractivity contribution is -0.144. The number of nitrogens with one attached hydrogen (secondary N) is 1. The Hall–Kier alpha value is -1.26. The number of esters is 1. The molecule has 5 heteroatoms. The van der Waals surface area contributed by atoms with Gasteiger partial charge in [0.25, 0.3) is 0 Å². The van der Waals surface area contributed by atoms with Crippen molar-refractivity contribution in [2.45, 2.75) is 65.5 Å². The monoisotopic (exact) mass is 259 g/mol. The molecule has 0 rings (SSSR count). The van der Waals surface area contributed by atoms with Crippen LogP contribution >= 0.6 is 0 Å². The van der Waals surface area contributed by atoms with Gasteiger partial charge in [0.15, 0.2) is 0 Å². The van der Waals surface area contributed by atoms with E-state index in [0.29, 0.717) is 13.0 Å². The standard InChI is InChI=1S/C13H25NO4/c1-7-13(6,9-10(15)17-8-2)14-11(16)18-12(3,4)5/h7-9H2,1-6H3,(H,14,16). The highest BCUT2D eigenvalue weighted by Crippen LogP contribution is 2.17. The van der Waals surface area contributed by atoms with Crippen LogP contribution in [0.2, 0.25) is 0 Å². The molecular weight excluding hydrogens is 234 g/mol. The van der Waals surface area contributed by atoms with Gasteiger partial charge in [0.2, 0.25) is 0 Å². The lowest BCUT2D eigenvalue weighted by Crippen LogP contribution is -2.49. The van der Waals surface area contributed by atoms with E-state index in [1.807, 2.05) is 6.92 Å². The fourth-order valence-electron chi connectivity index (χ4n) is 1.34. The second-order valence-corrected chi connectivity index (χ2v) is 5.52. The molecule has 0 aromatic carbocycles. The third kappa shape index (κ3) is 7.14. The van der Waals surface area contributed by atoms with Crippen molar-refractivity contribution in [1.82, 2.24) is 5.32 Å². The van der Waals surface area contributed by atoms with Gasteiger partial charge in [-0.1, -0.05) is 6.92 Å². The summed E-state index contributed by atoms with van der Waals surface area (Å²) in [6, 6.07) is 0. The molecule has 0 saturated heterocycles. The third-order valence-corrected chi connectivity index (χ3v) is 2.42. The van der Waals surface area contributed by atoms with E-state index in [-0.39, 0.29) is 12.4 Å². The molecule has 0 spiro atoms. The summed E-state index contributed by atoms with van der Waals surface area (Å²) in [5.41, 5.74) is -1.20. The molecule has 0 radical (unpaired) electrons. The van der Waals surface area contributed by atoms with Crippen LogP contribution in [0.1, 0.15) is 54.4 Å². The minimum Gasteiger partial charge on any atom is -0.466 e. The summed E-state index contributed by atoms with van der Waals surface area (Å²) >= 11 is 0. The van der Waals surface area contributed by atoms with Gasteiger partial charge in [0.1, 0.15) is 5.60 Å². The lowest BCUT2D eigenvalue weighted by atomic mass is 9.95.